The zero-order valence-corrected chi connectivity index (χ0v) is 17.8. The van der Waals surface area contributed by atoms with Crippen LogP contribution in [0, 0.1) is 18.3 Å². The summed E-state index contributed by atoms with van der Waals surface area (Å²) >= 11 is 6.03. The number of halogens is 1. The van der Waals surface area contributed by atoms with Crippen LogP contribution in [0.3, 0.4) is 0 Å². The van der Waals surface area contributed by atoms with Crippen molar-refractivity contribution in [3.8, 4) is 0 Å². The number of carbonyl (C=O) groups excluding carboxylic acids is 1. The average Bonchev–Trinajstić information content (AvgIpc) is 3.26. The van der Waals surface area contributed by atoms with Gasteiger partial charge < -0.3 is 11.1 Å². The van der Waals surface area contributed by atoms with E-state index in [0.717, 1.165) is 24.1 Å². The first kappa shape index (κ1) is 21.4. The van der Waals surface area contributed by atoms with Gasteiger partial charge in [-0.2, -0.15) is 0 Å². The lowest BCUT2D eigenvalue weighted by Crippen LogP contribution is -2.21. The largest absolute Gasteiger partial charge is 0.384 e. The van der Waals surface area contributed by atoms with Crippen molar-refractivity contribution in [2.75, 3.05) is 11.2 Å². The van der Waals surface area contributed by atoms with Crippen LogP contribution in [0.15, 0.2) is 42.5 Å². The number of alkyl halides is 1. The summed E-state index contributed by atoms with van der Waals surface area (Å²) in [5.74, 6) is 1.07. The highest BCUT2D eigenvalue weighted by atomic mass is 35.5. The molecule has 2 aromatic carbocycles. The van der Waals surface area contributed by atoms with Crippen LogP contribution >= 0.6 is 11.6 Å². The molecule has 1 atom stereocenters. The highest BCUT2D eigenvalue weighted by Gasteiger charge is 2.30. The van der Waals surface area contributed by atoms with E-state index in [1.165, 1.54) is 24.0 Å². The normalized spacial score (nSPS) is 15.2. The standard InChI is InChI=1S/C24H30ClN3O/c1-16-14-19(22(12-13-25)23(29)17-4-2-3-5-17)6-7-20(16)15-28-21-10-8-18(9-11-21)24(26)27/h6-11,14,17,22,28H,2-5,12-13,15H2,1H3,(H3,26,27). The van der Waals surface area contributed by atoms with E-state index in [4.69, 9.17) is 22.7 Å². The number of carbonyl (C=O) groups is 1. The van der Waals surface area contributed by atoms with Gasteiger partial charge in [-0.15, -0.1) is 11.6 Å². The molecule has 0 radical (unpaired) electrons. The maximum atomic E-state index is 13.0. The predicted molar refractivity (Wildman–Crippen MR) is 121 cm³/mol. The summed E-state index contributed by atoms with van der Waals surface area (Å²) in [6, 6.07) is 13.9. The van der Waals surface area contributed by atoms with Crippen molar-refractivity contribution in [3.05, 3.63) is 64.7 Å². The van der Waals surface area contributed by atoms with E-state index in [2.05, 4.69) is 30.4 Å². The fraction of sp³-hybridized carbons (Fsp3) is 0.417. The van der Waals surface area contributed by atoms with Crippen LogP contribution in [0.4, 0.5) is 5.69 Å². The van der Waals surface area contributed by atoms with E-state index in [0.29, 0.717) is 30.2 Å². The van der Waals surface area contributed by atoms with Crippen LogP contribution in [0.2, 0.25) is 0 Å². The topological polar surface area (TPSA) is 79.0 Å². The number of hydrogen-bond acceptors (Lipinski definition) is 3. The van der Waals surface area contributed by atoms with Gasteiger partial charge in [-0.25, -0.2) is 0 Å². The van der Waals surface area contributed by atoms with E-state index in [9.17, 15) is 4.79 Å². The summed E-state index contributed by atoms with van der Waals surface area (Å²) in [4.78, 5) is 13.0. The lowest BCUT2D eigenvalue weighted by Gasteiger charge is -2.20. The van der Waals surface area contributed by atoms with E-state index in [1.807, 2.05) is 24.3 Å². The van der Waals surface area contributed by atoms with Crippen LogP contribution in [-0.2, 0) is 11.3 Å². The number of ketones is 1. The number of Topliss-reactive ketones (excluding diaryl/α,β-unsaturated/α-hetero) is 1. The number of rotatable bonds is 9. The average molecular weight is 412 g/mol. The van der Waals surface area contributed by atoms with Crippen molar-refractivity contribution >= 4 is 28.9 Å². The maximum absolute atomic E-state index is 13.0. The number of amidine groups is 1. The molecule has 154 valence electrons. The molecule has 0 bridgehead atoms. The lowest BCUT2D eigenvalue weighted by molar-refractivity contribution is -0.124. The van der Waals surface area contributed by atoms with Gasteiger partial charge in [0, 0.05) is 35.5 Å². The Balaban J connectivity index is 1.69. The highest BCUT2D eigenvalue weighted by molar-refractivity contribution is 6.18. The highest BCUT2D eigenvalue weighted by Crippen LogP contribution is 2.34. The second-order valence-corrected chi connectivity index (χ2v) is 8.32. The monoisotopic (exact) mass is 411 g/mol. The van der Waals surface area contributed by atoms with E-state index in [-0.39, 0.29) is 17.7 Å². The first-order chi connectivity index (χ1) is 14.0. The first-order valence-electron chi connectivity index (χ1n) is 10.4. The van der Waals surface area contributed by atoms with Crippen LogP contribution in [0.5, 0.6) is 0 Å². The molecule has 1 aliphatic rings. The molecule has 0 spiro atoms. The van der Waals surface area contributed by atoms with Gasteiger partial charge in [0.05, 0.1) is 0 Å². The van der Waals surface area contributed by atoms with Gasteiger partial charge in [0.25, 0.3) is 0 Å². The second-order valence-electron chi connectivity index (χ2n) is 7.94. The van der Waals surface area contributed by atoms with E-state index >= 15 is 0 Å². The molecular weight excluding hydrogens is 382 g/mol. The minimum Gasteiger partial charge on any atom is -0.384 e. The van der Waals surface area contributed by atoms with Crippen molar-refractivity contribution in [1.29, 1.82) is 5.41 Å². The number of nitrogens with one attached hydrogen (secondary N) is 2. The summed E-state index contributed by atoms with van der Waals surface area (Å²) < 4.78 is 0. The van der Waals surface area contributed by atoms with Crippen molar-refractivity contribution < 1.29 is 4.79 Å². The molecule has 1 aliphatic carbocycles. The van der Waals surface area contributed by atoms with Gasteiger partial charge in [0.1, 0.15) is 11.6 Å². The molecule has 1 fully saturated rings. The lowest BCUT2D eigenvalue weighted by atomic mass is 9.84. The Labute approximate surface area is 178 Å². The molecule has 2 aromatic rings. The van der Waals surface area contributed by atoms with Crippen molar-refractivity contribution in [3.63, 3.8) is 0 Å². The number of hydrogen-bond donors (Lipinski definition) is 3. The Bertz CT molecular complexity index is 857. The van der Waals surface area contributed by atoms with Crippen molar-refractivity contribution in [2.45, 2.75) is 51.5 Å². The molecule has 0 amide bonds. The molecule has 4 N–H and O–H groups in total. The van der Waals surface area contributed by atoms with Gasteiger partial charge in [0.15, 0.2) is 0 Å². The Morgan fingerprint density at radius 3 is 2.48 bits per heavy atom. The molecule has 3 rings (SSSR count). The third-order valence-corrected chi connectivity index (χ3v) is 6.16. The SMILES string of the molecule is Cc1cc(C(CCCl)C(=O)C2CCCC2)ccc1CNc1ccc(C(=N)N)cc1. The molecular formula is C24H30ClN3O. The third kappa shape index (κ3) is 5.39. The number of aryl methyl sites for hydroxylation is 1. The van der Waals surface area contributed by atoms with Crippen LogP contribution in [-0.4, -0.2) is 17.5 Å². The molecule has 5 heteroatoms. The minimum absolute atomic E-state index is 0.0710. The zero-order chi connectivity index (χ0) is 20.8. The summed E-state index contributed by atoms with van der Waals surface area (Å²) in [5, 5.41) is 10.9. The minimum atomic E-state index is -0.0876. The fourth-order valence-electron chi connectivity index (χ4n) is 4.18. The molecule has 1 unspecified atom stereocenters. The first-order valence-corrected chi connectivity index (χ1v) is 10.9. The van der Waals surface area contributed by atoms with Crippen LogP contribution in [0.1, 0.15) is 60.3 Å². The van der Waals surface area contributed by atoms with Gasteiger partial charge in [-0.3, -0.25) is 10.2 Å². The number of nitrogen functional groups attached to an aromatic ring is 1. The molecule has 4 nitrogen and oxygen atoms in total. The van der Waals surface area contributed by atoms with E-state index in [1.54, 1.807) is 0 Å². The summed E-state index contributed by atoms with van der Waals surface area (Å²) in [5.41, 5.74) is 10.7. The molecule has 0 saturated heterocycles. The number of benzene rings is 2. The van der Waals surface area contributed by atoms with Crippen LogP contribution < -0.4 is 11.1 Å². The van der Waals surface area contributed by atoms with Gasteiger partial charge in [-0.05, 0) is 67.1 Å². The maximum Gasteiger partial charge on any atom is 0.143 e. The fourth-order valence-corrected chi connectivity index (χ4v) is 4.39. The molecule has 0 aliphatic heterocycles. The quantitative estimate of drug-likeness (QED) is 0.295. The Morgan fingerprint density at radius 1 is 1.21 bits per heavy atom. The van der Waals surface area contributed by atoms with Crippen LogP contribution in [0.25, 0.3) is 0 Å². The van der Waals surface area contributed by atoms with Gasteiger partial charge >= 0.3 is 0 Å². The van der Waals surface area contributed by atoms with Gasteiger partial charge in [0.2, 0.25) is 0 Å². The number of anilines is 1. The molecule has 1 saturated carbocycles. The van der Waals surface area contributed by atoms with Crippen molar-refractivity contribution in [2.24, 2.45) is 11.7 Å². The third-order valence-electron chi connectivity index (χ3n) is 5.95. The van der Waals surface area contributed by atoms with Gasteiger partial charge in [-0.1, -0.05) is 31.0 Å². The predicted octanol–water partition coefficient (Wildman–Crippen LogP) is 5.36. The second kappa shape index (κ2) is 9.93. The Kier molecular flexibility index (Phi) is 7.32. The Hall–Kier alpha value is -2.33. The summed E-state index contributed by atoms with van der Waals surface area (Å²) in [7, 11) is 0. The van der Waals surface area contributed by atoms with Crippen molar-refractivity contribution in [1.82, 2.24) is 0 Å². The summed E-state index contributed by atoms with van der Waals surface area (Å²) in [6.07, 6.45) is 5.10. The molecule has 0 aromatic heterocycles. The zero-order valence-electron chi connectivity index (χ0n) is 17.0. The summed E-state index contributed by atoms with van der Waals surface area (Å²) in [6.45, 7) is 2.79. The Morgan fingerprint density at radius 2 is 1.90 bits per heavy atom. The molecule has 29 heavy (non-hydrogen) atoms. The smallest absolute Gasteiger partial charge is 0.143 e. The number of nitrogens with two attached hydrogens (primary N) is 1. The molecule has 0 heterocycles. The van der Waals surface area contributed by atoms with E-state index < -0.39 is 0 Å².